The monoisotopic (exact) mass is 352 g/mol. The Morgan fingerprint density at radius 3 is 1.30 bits per heavy atom. The Labute approximate surface area is 129 Å². The van der Waals surface area contributed by atoms with Crippen LogP contribution in [0.4, 0.5) is 26.3 Å². The van der Waals surface area contributed by atoms with Gasteiger partial charge in [-0.05, 0) is 13.8 Å². The van der Waals surface area contributed by atoms with E-state index in [1.54, 1.807) is 0 Å². The largest absolute Gasteiger partial charge is 0.466 e. The van der Waals surface area contributed by atoms with Gasteiger partial charge in [0.25, 0.3) is 0 Å². The van der Waals surface area contributed by atoms with Gasteiger partial charge in [-0.25, -0.2) is 0 Å². The van der Waals surface area contributed by atoms with Gasteiger partial charge in [-0.3, -0.25) is 9.59 Å². The molecule has 0 atom stereocenters. The lowest BCUT2D eigenvalue weighted by atomic mass is 9.97. The second-order valence-corrected chi connectivity index (χ2v) is 4.59. The van der Waals surface area contributed by atoms with Crippen LogP contribution >= 0.6 is 0 Å². The van der Waals surface area contributed by atoms with Crippen LogP contribution in [0.1, 0.15) is 39.5 Å². The highest BCUT2D eigenvalue weighted by molar-refractivity contribution is 5.69. The number of halogens is 6. The van der Waals surface area contributed by atoms with Crippen molar-refractivity contribution in [3.63, 3.8) is 0 Å². The molecule has 0 amide bonds. The molecule has 0 bridgehead atoms. The Morgan fingerprint density at radius 2 is 1.04 bits per heavy atom. The molecule has 0 aromatic rings. The first-order valence-corrected chi connectivity index (χ1v) is 6.86. The van der Waals surface area contributed by atoms with Gasteiger partial charge in [0.05, 0.1) is 26.1 Å². The van der Waals surface area contributed by atoms with Gasteiger partial charge in [-0.2, -0.15) is 26.3 Å². The molecule has 0 radical (unpaired) electrons. The van der Waals surface area contributed by atoms with Crippen LogP contribution in [0.2, 0.25) is 0 Å². The zero-order chi connectivity index (χ0) is 18.3. The van der Waals surface area contributed by atoms with E-state index in [2.05, 4.69) is 9.47 Å². The molecule has 0 unspecified atom stereocenters. The molecule has 0 spiro atoms. The molecular formula is C13H18F6O4. The average molecular weight is 352 g/mol. The maximum atomic E-state index is 13.4. The second-order valence-electron chi connectivity index (χ2n) is 4.59. The Morgan fingerprint density at radius 1 is 0.739 bits per heavy atom. The lowest BCUT2D eigenvalue weighted by Gasteiger charge is -2.32. The van der Waals surface area contributed by atoms with Crippen molar-refractivity contribution in [2.45, 2.75) is 57.3 Å². The van der Waals surface area contributed by atoms with Crippen molar-refractivity contribution in [1.82, 2.24) is 0 Å². The zero-order valence-electron chi connectivity index (χ0n) is 12.6. The van der Waals surface area contributed by atoms with E-state index in [4.69, 9.17) is 0 Å². The minimum Gasteiger partial charge on any atom is -0.466 e. The Hall–Kier alpha value is -1.48. The van der Waals surface area contributed by atoms with Gasteiger partial charge in [0.2, 0.25) is 0 Å². The first kappa shape index (κ1) is 21.5. The van der Waals surface area contributed by atoms with Crippen molar-refractivity contribution in [2.24, 2.45) is 0 Å². The summed E-state index contributed by atoms with van der Waals surface area (Å²) in [5.41, 5.74) is 0. The molecule has 0 heterocycles. The van der Waals surface area contributed by atoms with E-state index in [-0.39, 0.29) is 13.2 Å². The predicted molar refractivity (Wildman–Crippen MR) is 66.6 cm³/mol. The van der Waals surface area contributed by atoms with E-state index in [9.17, 15) is 35.9 Å². The molecule has 23 heavy (non-hydrogen) atoms. The van der Waals surface area contributed by atoms with E-state index >= 15 is 0 Å². The normalized spacial score (nSPS) is 12.9. The summed E-state index contributed by atoms with van der Waals surface area (Å²) in [4.78, 5) is 21.8. The summed E-state index contributed by atoms with van der Waals surface area (Å²) in [7, 11) is 0. The number of hydrogen-bond acceptors (Lipinski definition) is 4. The van der Waals surface area contributed by atoms with Crippen molar-refractivity contribution >= 4 is 11.9 Å². The molecule has 0 N–H and O–H groups in total. The third kappa shape index (κ3) is 5.91. The Balaban J connectivity index is 4.88. The standard InChI is InChI=1S/C13H18F6O4/c1-3-22-9(20)5-7-11(14,15)13(18,19)12(16,17)8-6-10(21)23-4-2/h3-8H2,1-2H3. The van der Waals surface area contributed by atoms with Crippen LogP contribution in [0.25, 0.3) is 0 Å². The topological polar surface area (TPSA) is 52.6 Å². The van der Waals surface area contributed by atoms with E-state index in [1.807, 2.05) is 0 Å². The van der Waals surface area contributed by atoms with Crippen LogP contribution in [0.15, 0.2) is 0 Å². The molecule has 0 aliphatic rings. The molecule has 10 heteroatoms. The van der Waals surface area contributed by atoms with E-state index in [1.165, 1.54) is 13.8 Å². The molecular weight excluding hydrogens is 334 g/mol. The van der Waals surface area contributed by atoms with Crippen molar-refractivity contribution in [1.29, 1.82) is 0 Å². The van der Waals surface area contributed by atoms with Gasteiger partial charge in [0.15, 0.2) is 0 Å². The molecule has 0 saturated carbocycles. The number of rotatable bonds is 10. The summed E-state index contributed by atoms with van der Waals surface area (Å²) in [5.74, 6) is -18.4. The minimum atomic E-state index is -5.72. The lowest BCUT2D eigenvalue weighted by Crippen LogP contribution is -2.54. The van der Waals surface area contributed by atoms with Gasteiger partial charge in [0, 0.05) is 12.8 Å². The molecule has 0 aromatic carbocycles. The number of carbonyl (C=O) groups excluding carboxylic acids is 2. The van der Waals surface area contributed by atoms with Crippen LogP contribution in [-0.4, -0.2) is 42.9 Å². The van der Waals surface area contributed by atoms with Crippen LogP contribution in [0.5, 0.6) is 0 Å². The number of esters is 2. The molecule has 0 saturated heterocycles. The fraction of sp³-hybridized carbons (Fsp3) is 0.846. The van der Waals surface area contributed by atoms with Crippen LogP contribution in [-0.2, 0) is 19.1 Å². The quantitative estimate of drug-likeness (QED) is 0.445. The predicted octanol–water partition coefficient (Wildman–Crippen LogP) is 3.58. The van der Waals surface area contributed by atoms with Crippen molar-refractivity contribution in [3.8, 4) is 0 Å². The van der Waals surface area contributed by atoms with Gasteiger partial charge >= 0.3 is 29.7 Å². The summed E-state index contributed by atoms with van der Waals surface area (Å²) in [5, 5.41) is 0. The Bertz CT molecular complexity index is 375. The maximum absolute atomic E-state index is 13.4. The van der Waals surface area contributed by atoms with Crippen molar-refractivity contribution < 1.29 is 45.4 Å². The van der Waals surface area contributed by atoms with Crippen LogP contribution in [0.3, 0.4) is 0 Å². The van der Waals surface area contributed by atoms with Crippen molar-refractivity contribution in [3.05, 3.63) is 0 Å². The molecule has 0 aromatic heterocycles. The lowest BCUT2D eigenvalue weighted by molar-refractivity contribution is -0.312. The Kier molecular flexibility index (Phi) is 7.85. The fourth-order valence-electron chi connectivity index (χ4n) is 1.57. The third-order valence-corrected chi connectivity index (χ3v) is 2.82. The zero-order valence-corrected chi connectivity index (χ0v) is 12.6. The first-order chi connectivity index (χ1) is 10.4. The van der Waals surface area contributed by atoms with E-state index < -0.39 is 55.4 Å². The summed E-state index contributed by atoms with van der Waals surface area (Å²) in [6, 6.07) is 0. The number of hydrogen-bond donors (Lipinski definition) is 0. The van der Waals surface area contributed by atoms with E-state index in [0.29, 0.717) is 0 Å². The van der Waals surface area contributed by atoms with Gasteiger partial charge < -0.3 is 9.47 Å². The molecule has 136 valence electrons. The number of ether oxygens (including phenoxy) is 2. The van der Waals surface area contributed by atoms with E-state index in [0.717, 1.165) is 0 Å². The maximum Gasteiger partial charge on any atom is 0.371 e. The third-order valence-electron chi connectivity index (χ3n) is 2.82. The smallest absolute Gasteiger partial charge is 0.371 e. The highest BCUT2D eigenvalue weighted by Crippen LogP contribution is 2.49. The summed E-state index contributed by atoms with van der Waals surface area (Å²) in [6.45, 7) is 2.43. The van der Waals surface area contributed by atoms with Gasteiger partial charge in [-0.1, -0.05) is 0 Å². The highest BCUT2D eigenvalue weighted by atomic mass is 19.3. The second kappa shape index (κ2) is 8.39. The average Bonchev–Trinajstić information content (AvgIpc) is 2.43. The SMILES string of the molecule is CCOC(=O)CCC(F)(F)C(F)(F)C(F)(F)CCC(=O)OCC. The summed E-state index contributed by atoms with van der Waals surface area (Å²) in [6.07, 6.45) is -5.86. The van der Waals surface area contributed by atoms with Crippen molar-refractivity contribution in [2.75, 3.05) is 13.2 Å². The van der Waals surface area contributed by atoms with Gasteiger partial charge in [-0.15, -0.1) is 0 Å². The molecule has 0 aliphatic heterocycles. The number of carbonyl (C=O) groups is 2. The highest BCUT2D eigenvalue weighted by Gasteiger charge is 2.70. The molecule has 0 rings (SSSR count). The fourth-order valence-corrected chi connectivity index (χ4v) is 1.57. The summed E-state index contributed by atoms with van der Waals surface area (Å²) >= 11 is 0. The summed E-state index contributed by atoms with van der Waals surface area (Å²) < 4.78 is 89.1. The molecule has 0 aliphatic carbocycles. The number of alkyl halides is 6. The first-order valence-electron chi connectivity index (χ1n) is 6.86. The van der Waals surface area contributed by atoms with Crippen LogP contribution < -0.4 is 0 Å². The minimum absolute atomic E-state index is 0.156. The molecule has 0 fully saturated rings. The van der Waals surface area contributed by atoms with Gasteiger partial charge in [0.1, 0.15) is 0 Å². The molecule has 4 nitrogen and oxygen atoms in total. The van der Waals surface area contributed by atoms with Crippen LogP contribution in [0, 0.1) is 0 Å².